The summed E-state index contributed by atoms with van der Waals surface area (Å²) in [6.45, 7) is 0.238. The third-order valence-electron chi connectivity index (χ3n) is 5.28. The molecule has 152 valence electrons. The van der Waals surface area contributed by atoms with Gasteiger partial charge < -0.3 is 4.42 Å². The Balaban J connectivity index is 1.80. The first-order valence-corrected chi connectivity index (χ1v) is 9.89. The standard InChI is InChI=1S/C25H17FN2O3/c26-19-12-6-4-10-17(19)23-27-24-21(22(29)18-11-5-7-13-20(18)31-24)25(30)28(23)15-14-16-8-2-1-3-9-16/h1-13H,14-15H2. The highest BCUT2D eigenvalue weighted by Gasteiger charge is 2.20. The maximum absolute atomic E-state index is 14.6. The van der Waals surface area contributed by atoms with Gasteiger partial charge in [0.15, 0.2) is 5.39 Å². The molecule has 5 nitrogen and oxygen atoms in total. The van der Waals surface area contributed by atoms with Gasteiger partial charge in [-0.15, -0.1) is 0 Å². The molecule has 0 aliphatic heterocycles. The molecule has 0 aliphatic carbocycles. The lowest BCUT2D eigenvalue weighted by Gasteiger charge is -2.14. The van der Waals surface area contributed by atoms with Crippen LogP contribution in [0, 0.1) is 5.82 Å². The molecule has 0 saturated heterocycles. The Bertz CT molecular complexity index is 1540. The lowest BCUT2D eigenvalue weighted by Crippen LogP contribution is -2.28. The van der Waals surface area contributed by atoms with Crippen LogP contribution in [-0.2, 0) is 13.0 Å². The molecule has 31 heavy (non-hydrogen) atoms. The molecule has 2 heterocycles. The van der Waals surface area contributed by atoms with Crippen LogP contribution < -0.4 is 11.0 Å². The molecule has 5 aromatic rings. The van der Waals surface area contributed by atoms with Crippen molar-refractivity contribution in [3.8, 4) is 11.4 Å². The van der Waals surface area contributed by atoms with E-state index in [0.29, 0.717) is 17.4 Å². The molecular weight excluding hydrogens is 395 g/mol. The molecule has 2 aromatic heterocycles. The van der Waals surface area contributed by atoms with Crippen molar-refractivity contribution in [2.24, 2.45) is 0 Å². The fraction of sp³-hybridized carbons (Fsp3) is 0.0800. The van der Waals surface area contributed by atoms with Gasteiger partial charge in [0, 0.05) is 6.54 Å². The zero-order valence-electron chi connectivity index (χ0n) is 16.4. The molecule has 0 bridgehead atoms. The van der Waals surface area contributed by atoms with Crippen LogP contribution in [0.3, 0.4) is 0 Å². The number of fused-ring (bicyclic) bond motifs is 2. The van der Waals surface area contributed by atoms with Crippen LogP contribution in [0.2, 0.25) is 0 Å². The van der Waals surface area contributed by atoms with E-state index >= 15 is 0 Å². The van der Waals surface area contributed by atoms with Gasteiger partial charge >= 0.3 is 0 Å². The number of benzene rings is 3. The summed E-state index contributed by atoms with van der Waals surface area (Å²) in [5, 5.41) is 0.175. The van der Waals surface area contributed by atoms with Gasteiger partial charge in [-0.3, -0.25) is 14.2 Å². The lowest BCUT2D eigenvalue weighted by atomic mass is 10.1. The average molecular weight is 412 g/mol. The van der Waals surface area contributed by atoms with Crippen molar-refractivity contribution in [1.29, 1.82) is 0 Å². The quantitative estimate of drug-likeness (QED) is 0.406. The number of aromatic nitrogens is 2. The number of para-hydroxylation sites is 1. The van der Waals surface area contributed by atoms with Crippen molar-refractivity contribution in [2.75, 3.05) is 0 Å². The van der Waals surface area contributed by atoms with Crippen LogP contribution in [0.5, 0.6) is 0 Å². The average Bonchev–Trinajstić information content (AvgIpc) is 2.79. The first-order chi connectivity index (χ1) is 15.1. The molecule has 0 spiro atoms. The summed E-state index contributed by atoms with van der Waals surface area (Å²) in [6.07, 6.45) is 0.522. The maximum atomic E-state index is 14.6. The number of rotatable bonds is 4. The van der Waals surface area contributed by atoms with Gasteiger partial charge in [0.05, 0.1) is 10.9 Å². The molecule has 0 N–H and O–H groups in total. The maximum Gasteiger partial charge on any atom is 0.269 e. The minimum Gasteiger partial charge on any atom is -0.437 e. The van der Waals surface area contributed by atoms with E-state index in [9.17, 15) is 14.0 Å². The fourth-order valence-electron chi connectivity index (χ4n) is 3.73. The summed E-state index contributed by atoms with van der Waals surface area (Å²) in [4.78, 5) is 31.0. The lowest BCUT2D eigenvalue weighted by molar-refractivity contribution is 0.609. The number of nitrogens with zero attached hydrogens (tertiary/aromatic N) is 2. The smallest absolute Gasteiger partial charge is 0.269 e. The third kappa shape index (κ3) is 3.32. The van der Waals surface area contributed by atoms with E-state index in [1.54, 1.807) is 42.5 Å². The minimum absolute atomic E-state index is 0.0945. The normalized spacial score (nSPS) is 11.3. The van der Waals surface area contributed by atoms with Crippen LogP contribution in [-0.4, -0.2) is 9.55 Å². The van der Waals surface area contributed by atoms with Crippen molar-refractivity contribution >= 4 is 22.1 Å². The molecule has 5 rings (SSSR count). The van der Waals surface area contributed by atoms with E-state index < -0.39 is 16.8 Å². The molecule has 0 unspecified atom stereocenters. The largest absolute Gasteiger partial charge is 0.437 e. The van der Waals surface area contributed by atoms with E-state index in [4.69, 9.17) is 4.42 Å². The van der Waals surface area contributed by atoms with Crippen molar-refractivity contribution in [3.05, 3.63) is 111 Å². The van der Waals surface area contributed by atoms with Gasteiger partial charge in [0.1, 0.15) is 17.2 Å². The molecule has 0 aliphatic rings. The first-order valence-electron chi connectivity index (χ1n) is 9.89. The highest BCUT2D eigenvalue weighted by atomic mass is 19.1. The summed E-state index contributed by atoms with van der Waals surface area (Å²) in [7, 11) is 0. The van der Waals surface area contributed by atoms with Crippen LogP contribution in [0.15, 0.2) is 92.9 Å². The molecule has 6 heteroatoms. The summed E-state index contributed by atoms with van der Waals surface area (Å²) < 4.78 is 21.8. The summed E-state index contributed by atoms with van der Waals surface area (Å²) in [5.41, 5.74) is 0.433. The van der Waals surface area contributed by atoms with Gasteiger partial charge in [0.2, 0.25) is 11.1 Å². The van der Waals surface area contributed by atoms with Crippen molar-refractivity contribution in [1.82, 2.24) is 9.55 Å². The second-order valence-corrected chi connectivity index (χ2v) is 7.22. The summed E-state index contributed by atoms with van der Waals surface area (Å²) >= 11 is 0. The molecule has 3 aromatic carbocycles. The van der Waals surface area contributed by atoms with Crippen molar-refractivity contribution in [2.45, 2.75) is 13.0 Å². The number of hydrogen-bond donors (Lipinski definition) is 0. The Kier molecular flexibility index (Phi) is 4.67. The van der Waals surface area contributed by atoms with Crippen LogP contribution in [0.4, 0.5) is 4.39 Å². The molecule has 0 atom stereocenters. The van der Waals surface area contributed by atoms with E-state index in [2.05, 4.69) is 4.98 Å². The first kappa shape index (κ1) is 18.9. The van der Waals surface area contributed by atoms with Gasteiger partial charge in [-0.25, -0.2) is 4.39 Å². The molecule has 0 fully saturated rings. The van der Waals surface area contributed by atoms with Crippen LogP contribution in [0.1, 0.15) is 5.56 Å². The fourth-order valence-corrected chi connectivity index (χ4v) is 3.73. The van der Waals surface area contributed by atoms with Crippen LogP contribution >= 0.6 is 0 Å². The van der Waals surface area contributed by atoms with Crippen molar-refractivity contribution < 1.29 is 8.81 Å². The highest BCUT2D eigenvalue weighted by molar-refractivity contribution is 5.88. The topological polar surface area (TPSA) is 65.1 Å². The molecule has 0 amide bonds. The second-order valence-electron chi connectivity index (χ2n) is 7.22. The molecule has 0 radical (unpaired) electrons. The summed E-state index contributed by atoms with van der Waals surface area (Å²) in [5.74, 6) is -0.379. The summed E-state index contributed by atoms with van der Waals surface area (Å²) in [6, 6.07) is 22.4. The van der Waals surface area contributed by atoms with E-state index in [1.807, 2.05) is 30.3 Å². The third-order valence-corrected chi connectivity index (χ3v) is 5.28. The van der Waals surface area contributed by atoms with Gasteiger partial charge in [-0.05, 0) is 36.2 Å². The Morgan fingerprint density at radius 1 is 0.871 bits per heavy atom. The predicted octanol–water partition coefficient (Wildman–Crippen LogP) is 4.55. The van der Waals surface area contributed by atoms with E-state index in [1.165, 1.54) is 10.6 Å². The molecular formula is C25H17FN2O3. The Morgan fingerprint density at radius 2 is 1.58 bits per heavy atom. The Hall–Kier alpha value is -4.06. The number of halogens is 1. The van der Waals surface area contributed by atoms with Crippen molar-refractivity contribution in [3.63, 3.8) is 0 Å². The SMILES string of the molecule is O=c1c2ccccc2oc2nc(-c3ccccc3F)n(CCc3ccccc3)c(=O)c12. The minimum atomic E-state index is -0.543. The van der Waals surface area contributed by atoms with Gasteiger partial charge in [-0.2, -0.15) is 4.98 Å². The Labute approximate surface area is 176 Å². The van der Waals surface area contributed by atoms with Gasteiger partial charge in [0.25, 0.3) is 5.56 Å². The number of hydrogen-bond acceptors (Lipinski definition) is 4. The predicted molar refractivity (Wildman–Crippen MR) is 118 cm³/mol. The van der Waals surface area contributed by atoms with E-state index in [0.717, 1.165) is 5.56 Å². The monoisotopic (exact) mass is 412 g/mol. The second kappa shape index (κ2) is 7.65. The Morgan fingerprint density at radius 3 is 2.39 bits per heavy atom. The zero-order chi connectivity index (χ0) is 21.4. The number of aryl methyl sites for hydroxylation is 1. The highest BCUT2D eigenvalue weighted by Crippen LogP contribution is 2.23. The zero-order valence-corrected chi connectivity index (χ0v) is 16.4. The van der Waals surface area contributed by atoms with Gasteiger partial charge in [-0.1, -0.05) is 54.6 Å². The van der Waals surface area contributed by atoms with E-state index in [-0.39, 0.29) is 29.0 Å². The van der Waals surface area contributed by atoms with Crippen LogP contribution in [0.25, 0.3) is 33.5 Å². The molecule has 0 saturated carbocycles.